The zero-order valence-electron chi connectivity index (χ0n) is 21.7. The van der Waals surface area contributed by atoms with Gasteiger partial charge >= 0.3 is 220 Å². The molecule has 0 unspecified atom stereocenters. The van der Waals surface area contributed by atoms with Crippen LogP contribution < -0.4 is 26.3 Å². The fourth-order valence-corrected chi connectivity index (χ4v) is 10.5. The molecule has 3 atom stereocenters. The fourth-order valence-electron chi connectivity index (χ4n) is 4.36. The van der Waals surface area contributed by atoms with E-state index in [9.17, 15) is 14.4 Å². The van der Waals surface area contributed by atoms with E-state index in [4.69, 9.17) is 9.15 Å². The van der Waals surface area contributed by atoms with Gasteiger partial charge in [-0.1, -0.05) is 6.58 Å². The summed E-state index contributed by atoms with van der Waals surface area (Å²) in [7, 11) is 1.77. The maximum Gasteiger partial charge on any atom is -0.367 e. The molecule has 1 amide bonds. The molecular weight excluding hydrogens is 589 g/mol. The quantitative estimate of drug-likeness (QED) is 0.101. The Kier molecular flexibility index (Phi) is 10.1. The number of fused-ring (bicyclic) bond motifs is 2. The van der Waals surface area contributed by atoms with Gasteiger partial charge in [0.05, 0.1) is 5.82 Å². The van der Waals surface area contributed by atoms with Gasteiger partial charge in [0.1, 0.15) is 0 Å². The van der Waals surface area contributed by atoms with Gasteiger partial charge in [0, 0.05) is 0 Å². The first kappa shape index (κ1) is 28.9. The molecule has 2 aromatic rings. The van der Waals surface area contributed by atoms with E-state index in [1.807, 2.05) is 25.6 Å². The number of carbonyl (C=O) groups is 2. The second kappa shape index (κ2) is 13.3. The van der Waals surface area contributed by atoms with Gasteiger partial charge in [0.25, 0.3) is 0 Å². The van der Waals surface area contributed by atoms with Crippen molar-refractivity contribution in [2.24, 2.45) is 5.41 Å². The minimum atomic E-state index is -0.641. The molecule has 0 spiro atoms. The molecule has 2 aliphatic rings. The number of benzene rings is 1. The van der Waals surface area contributed by atoms with Gasteiger partial charge in [-0.3, -0.25) is 0 Å². The topological polar surface area (TPSA) is 110 Å². The van der Waals surface area contributed by atoms with Crippen LogP contribution >= 0.6 is 21.9 Å². The van der Waals surface area contributed by atoms with Crippen molar-refractivity contribution in [2.45, 2.75) is 62.2 Å². The first-order valence-electron chi connectivity index (χ1n) is 12.8. The van der Waals surface area contributed by atoms with E-state index in [0.717, 1.165) is 42.0 Å². The predicted octanol–water partition coefficient (Wildman–Crippen LogP) is 3.69. The maximum absolute atomic E-state index is 12.7. The number of hydrogen-bond acceptors (Lipinski definition) is 9. The van der Waals surface area contributed by atoms with Crippen molar-refractivity contribution < 1.29 is 18.7 Å². The molecule has 206 valence electrons. The van der Waals surface area contributed by atoms with E-state index < -0.39 is 11.0 Å². The smallest absolute Gasteiger partial charge is 0.367 e. The van der Waals surface area contributed by atoms with Gasteiger partial charge in [0.2, 0.25) is 0 Å². The van der Waals surface area contributed by atoms with E-state index in [-0.39, 0.29) is 25.7 Å². The number of rotatable bonds is 13. The van der Waals surface area contributed by atoms with Gasteiger partial charge in [-0.05, 0) is 0 Å². The third-order valence-electron chi connectivity index (χ3n) is 6.54. The minimum Gasteiger partial charge on any atom is -0.367 e. The standard InChI is InChI=1S/C27H35N3O5S2Se/c1-17-29-20-15-36-22(25(20)30-17)6-4-5-7-23(31)28-12-13-37-38-16-27(2,3)26(33)34-19-10-8-18-9-11-24(32)35-21(18)14-19/h8-11,14,20,22,25,29-30H,1,4-7,12-13,15-16H2,2-3H3,(H,28,31)/t20-,22-,25-/m0/s1. The number of amides is 1. The Morgan fingerprint density at radius 3 is 2.92 bits per heavy atom. The Balaban J connectivity index is 1.06. The fraction of sp³-hybridized carbons (Fsp3) is 0.519. The molecule has 0 radical (unpaired) electrons. The third kappa shape index (κ3) is 7.97. The molecule has 0 saturated carbocycles. The summed E-state index contributed by atoms with van der Waals surface area (Å²) in [6, 6.07) is 9.01. The number of ether oxygens (including phenoxy) is 1. The van der Waals surface area contributed by atoms with E-state index in [1.165, 1.54) is 6.07 Å². The van der Waals surface area contributed by atoms with Crippen LogP contribution in [-0.2, 0) is 9.59 Å². The number of carbonyl (C=O) groups excluding carboxylic acids is 2. The Hall–Kier alpha value is -2.07. The van der Waals surface area contributed by atoms with Crippen LogP contribution in [0.4, 0.5) is 0 Å². The van der Waals surface area contributed by atoms with Crippen molar-refractivity contribution in [3.8, 4) is 5.75 Å². The van der Waals surface area contributed by atoms with Crippen LogP contribution in [0.15, 0.2) is 51.9 Å². The monoisotopic (exact) mass is 625 g/mol. The molecule has 2 aliphatic heterocycles. The predicted molar refractivity (Wildman–Crippen MR) is 156 cm³/mol. The molecule has 3 N–H and O–H groups in total. The average Bonchev–Trinajstić information content (AvgIpc) is 3.42. The number of esters is 1. The summed E-state index contributed by atoms with van der Waals surface area (Å²) in [5.41, 5.74) is -0.697. The molecule has 0 aliphatic carbocycles. The first-order valence-corrected chi connectivity index (χ1v) is 18.1. The zero-order valence-corrected chi connectivity index (χ0v) is 25.1. The molecule has 4 rings (SSSR count). The Morgan fingerprint density at radius 1 is 1.26 bits per heavy atom. The van der Waals surface area contributed by atoms with Gasteiger partial charge in [-0.25, -0.2) is 0 Å². The van der Waals surface area contributed by atoms with Crippen LogP contribution in [0.2, 0.25) is 5.32 Å². The van der Waals surface area contributed by atoms with E-state index in [1.54, 1.807) is 34.4 Å². The minimum absolute atomic E-state index is 0.110. The number of thioether (sulfide) groups is 1. The summed E-state index contributed by atoms with van der Waals surface area (Å²) in [6.45, 7) is 8.35. The van der Waals surface area contributed by atoms with E-state index in [0.29, 0.717) is 47.0 Å². The Labute approximate surface area is 237 Å². The Bertz CT molecular complexity index is 1220. The molecule has 38 heavy (non-hydrogen) atoms. The molecule has 1 aromatic carbocycles. The van der Waals surface area contributed by atoms with Gasteiger partial charge < -0.3 is 5.32 Å². The molecule has 1 aromatic heterocycles. The number of nitrogens with one attached hydrogen (secondary N) is 3. The normalized spacial score (nSPS) is 20.6. The molecule has 11 heteroatoms. The summed E-state index contributed by atoms with van der Waals surface area (Å²) < 4.78 is 10.7. The van der Waals surface area contributed by atoms with Crippen LogP contribution in [0.1, 0.15) is 39.5 Å². The van der Waals surface area contributed by atoms with Crippen molar-refractivity contribution in [1.82, 2.24) is 16.0 Å². The summed E-state index contributed by atoms with van der Waals surface area (Å²) in [4.78, 5) is 36.4. The first-order chi connectivity index (χ1) is 18.2. The maximum atomic E-state index is 12.7. The van der Waals surface area contributed by atoms with Crippen LogP contribution in [0.5, 0.6) is 5.75 Å². The molecule has 8 nitrogen and oxygen atoms in total. The van der Waals surface area contributed by atoms with E-state index in [2.05, 4.69) is 22.5 Å². The summed E-state index contributed by atoms with van der Waals surface area (Å²) in [5.74, 6) is 3.03. The largest absolute Gasteiger partial charge is 0.367 e. The second-order valence-electron chi connectivity index (χ2n) is 10.2. The average molecular weight is 625 g/mol. The molecule has 0 bridgehead atoms. The summed E-state index contributed by atoms with van der Waals surface area (Å²) >= 11 is 2.19. The third-order valence-corrected chi connectivity index (χ3v) is 13.1. The second-order valence-corrected chi connectivity index (χ2v) is 15.9. The van der Waals surface area contributed by atoms with Crippen LogP contribution in [-0.4, -0.2) is 61.1 Å². The van der Waals surface area contributed by atoms with Crippen LogP contribution in [0, 0.1) is 5.41 Å². The Morgan fingerprint density at radius 2 is 2.08 bits per heavy atom. The van der Waals surface area contributed by atoms with Crippen molar-refractivity contribution in [1.29, 1.82) is 0 Å². The number of hydrogen-bond donors (Lipinski definition) is 3. The molecule has 3 heterocycles. The van der Waals surface area contributed by atoms with Gasteiger partial charge in [0.15, 0.2) is 0 Å². The van der Waals surface area contributed by atoms with Crippen LogP contribution in [0.3, 0.4) is 0 Å². The van der Waals surface area contributed by atoms with Crippen molar-refractivity contribution in [3.63, 3.8) is 0 Å². The number of unbranched alkanes of at least 4 members (excludes halogenated alkanes) is 1. The van der Waals surface area contributed by atoms with Gasteiger partial charge in [-0.15, -0.1) is 0 Å². The molecular formula is C27H35N3O5S2Se. The molecule has 2 saturated heterocycles. The summed E-state index contributed by atoms with van der Waals surface area (Å²) in [5, 5.41) is 11.9. The summed E-state index contributed by atoms with van der Waals surface area (Å²) in [6.07, 6.45) is 3.65. The zero-order chi connectivity index (χ0) is 27.1. The van der Waals surface area contributed by atoms with Crippen molar-refractivity contribution >= 4 is 58.6 Å². The van der Waals surface area contributed by atoms with Crippen molar-refractivity contribution in [2.75, 3.05) is 18.1 Å². The van der Waals surface area contributed by atoms with Gasteiger partial charge in [-0.2, -0.15) is 0 Å². The van der Waals surface area contributed by atoms with Crippen LogP contribution in [0.25, 0.3) is 11.0 Å². The molecule has 2 fully saturated rings. The SMILES string of the molecule is C=C1N[C@H]2[C@H](CS[C@H]2CCCCC(=O)NCCS[Se]CC(C)(C)C(=O)Oc2ccc3ccc(=O)oc3c2)N1. The van der Waals surface area contributed by atoms with Crippen molar-refractivity contribution in [3.05, 3.63) is 53.2 Å². The van der Waals surface area contributed by atoms with E-state index >= 15 is 0 Å².